The van der Waals surface area contributed by atoms with Crippen molar-refractivity contribution in [1.29, 1.82) is 0 Å². The molecular weight excluding hydrogens is 322 g/mol. The number of rotatable bonds is 6. The number of nitro groups is 1. The fourth-order valence-corrected chi connectivity index (χ4v) is 3.37. The normalized spacial score (nSPS) is 17.7. The highest BCUT2D eigenvalue weighted by Crippen LogP contribution is 2.27. The van der Waals surface area contributed by atoms with Crippen LogP contribution in [0.15, 0.2) is 30.6 Å². The summed E-state index contributed by atoms with van der Waals surface area (Å²) in [6.07, 6.45) is 5.84. The summed E-state index contributed by atoms with van der Waals surface area (Å²) in [7, 11) is 0. The van der Waals surface area contributed by atoms with Gasteiger partial charge in [-0.3, -0.25) is 19.8 Å². The van der Waals surface area contributed by atoms with E-state index in [9.17, 15) is 14.9 Å². The maximum absolute atomic E-state index is 11.4. The molecule has 1 saturated heterocycles. The topological polar surface area (TPSA) is 107 Å². The van der Waals surface area contributed by atoms with Gasteiger partial charge in [-0.1, -0.05) is 6.07 Å². The smallest absolute Gasteiger partial charge is 0.274 e. The number of aryl methyl sites for hydroxylation is 1. The second-order valence-electron chi connectivity index (χ2n) is 6.36. The Labute approximate surface area is 145 Å². The van der Waals surface area contributed by atoms with Crippen molar-refractivity contribution in [3.05, 3.63) is 57.7 Å². The minimum atomic E-state index is -0.663. The molecular formula is C17H21N5O3. The predicted molar refractivity (Wildman–Crippen MR) is 92.0 cm³/mol. The zero-order valence-electron chi connectivity index (χ0n) is 14.1. The van der Waals surface area contributed by atoms with Crippen LogP contribution in [0, 0.1) is 17.0 Å². The molecule has 1 fully saturated rings. The second-order valence-corrected chi connectivity index (χ2v) is 6.36. The summed E-state index contributed by atoms with van der Waals surface area (Å²) in [5.74, 6) is 0.299. The summed E-state index contributed by atoms with van der Waals surface area (Å²) in [6, 6.07) is 4.76. The number of carbonyl (C=O) groups is 1. The highest BCUT2D eigenvalue weighted by molar-refractivity contribution is 5.93. The first-order valence-electron chi connectivity index (χ1n) is 8.24. The number of aromatic nitrogens is 2. The molecule has 1 atom stereocenters. The first kappa shape index (κ1) is 17.1. The monoisotopic (exact) mass is 343 g/mol. The van der Waals surface area contributed by atoms with Gasteiger partial charge in [0.15, 0.2) is 0 Å². The van der Waals surface area contributed by atoms with Gasteiger partial charge in [-0.05, 0) is 32.4 Å². The van der Waals surface area contributed by atoms with E-state index in [4.69, 9.17) is 5.73 Å². The fourth-order valence-electron chi connectivity index (χ4n) is 3.37. The maximum Gasteiger partial charge on any atom is 0.274 e. The number of nitro benzene ring substituents is 1. The lowest BCUT2D eigenvalue weighted by molar-refractivity contribution is -0.385. The van der Waals surface area contributed by atoms with E-state index in [1.165, 1.54) is 6.07 Å². The molecule has 1 aliphatic heterocycles. The van der Waals surface area contributed by atoms with Crippen molar-refractivity contribution in [1.82, 2.24) is 14.5 Å². The van der Waals surface area contributed by atoms with Crippen molar-refractivity contribution in [2.75, 3.05) is 6.54 Å². The van der Waals surface area contributed by atoms with Gasteiger partial charge in [0, 0.05) is 48.7 Å². The molecule has 0 radical (unpaired) electrons. The SMILES string of the molecule is Cc1nccn1CC1CCCN1Cc1ccc(C(N)=O)cc1[N+](=O)[O-]. The number of benzene rings is 1. The van der Waals surface area contributed by atoms with Gasteiger partial charge < -0.3 is 10.3 Å². The lowest BCUT2D eigenvalue weighted by Gasteiger charge is -2.25. The molecule has 2 heterocycles. The molecule has 1 unspecified atom stereocenters. The minimum Gasteiger partial charge on any atom is -0.366 e. The number of amides is 1. The third kappa shape index (κ3) is 3.69. The number of primary amides is 1. The molecule has 3 rings (SSSR count). The predicted octanol–water partition coefficient (Wildman–Crippen LogP) is 1.86. The molecule has 0 bridgehead atoms. The Morgan fingerprint density at radius 3 is 2.92 bits per heavy atom. The van der Waals surface area contributed by atoms with E-state index in [0.29, 0.717) is 18.2 Å². The molecule has 1 aromatic heterocycles. The molecule has 8 heteroatoms. The van der Waals surface area contributed by atoms with Crippen LogP contribution in [-0.2, 0) is 13.1 Å². The molecule has 132 valence electrons. The number of likely N-dealkylation sites (tertiary alicyclic amines) is 1. The van der Waals surface area contributed by atoms with Crippen LogP contribution in [-0.4, -0.2) is 37.9 Å². The van der Waals surface area contributed by atoms with Gasteiger partial charge in [0.05, 0.1) is 4.92 Å². The largest absolute Gasteiger partial charge is 0.366 e. The number of hydrogen-bond donors (Lipinski definition) is 1. The van der Waals surface area contributed by atoms with E-state index in [1.807, 2.05) is 13.1 Å². The van der Waals surface area contributed by atoms with Crippen LogP contribution < -0.4 is 5.73 Å². The average molecular weight is 343 g/mol. The van der Waals surface area contributed by atoms with Crippen LogP contribution in [0.2, 0.25) is 0 Å². The van der Waals surface area contributed by atoms with Gasteiger partial charge in [-0.2, -0.15) is 0 Å². The highest BCUT2D eigenvalue weighted by atomic mass is 16.6. The first-order valence-corrected chi connectivity index (χ1v) is 8.24. The van der Waals surface area contributed by atoms with Crippen LogP contribution in [0.4, 0.5) is 5.69 Å². The van der Waals surface area contributed by atoms with Crippen LogP contribution in [0.5, 0.6) is 0 Å². The average Bonchev–Trinajstić information content (AvgIpc) is 3.17. The third-order valence-corrected chi connectivity index (χ3v) is 4.77. The quantitative estimate of drug-likeness (QED) is 0.636. The van der Waals surface area contributed by atoms with Crippen molar-refractivity contribution in [2.24, 2.45) is 5.73 Å². The Hall–Kier alpha value is -2.74. The molecule has 0 saturated carbocycles. The number of hydrogen-bond acceptors (Lipinski definition) is 5. The molecule has 0 aliphatic carbocycles. The van der Waals surface area contributed by atoms with E-state index in [-0.39, 0.29) is 11.3 Å². The van der Waals surface area contributed by atoms with Gasteiger partial charge >= 0.3 is 0 Å². The maximum atomic E-state index is 11.4. The Balaban J connectivity index is 1.79. The fraction of sp³-hybridized carbons (Fsp3) is 0.412. The molecule has 1 aliphatic rings. The van der Waals surface area contributed by atoms with Gasteiger partial charge in [0.25, 0.3) is 5.69 Å². The Morgan fingerprint density at radius 1 is 1.48 bits per heavy atom. The zero-order chi connectivity index (χ0) is 18.0. The van der Waals surface area contributed by atoms with E-state index in [2.05, 4.69) is 14.5 Å². The van der Waals surface area contributed by atoms with Gasteiger partial charge in [0.1, 0.15) is 5.82 Å². The van der Waals surface area contributed by atoms with E-state index in [1.54, 1.807) is 18.3 Å². The summed E-state index contributed by atoms with van der Waals surface area (Å²) in [5.41, 5.74) is 5.93. The van der Waals surface area contributed by atoms with Crippen LogP contribution in [0.1, 0.15) is 34.6 Å². The molecule has 1 amide bonds. The van der Waals surface area contributed by atoms with Crippen LogP contribution >= 0.6 is 0 Å². The molecule has 0 spiro atoms. The lowest BCUT2D eigenvalue weighted by atomic mass is 10.1. The van der Waals surface area contributed by atoms with E-state index in [0.717, 1.165) is 31.8 Å². The number of imidazole rings is 1. The summed E-state index contributed by atoms with van der Waals surface area (Å²) in [4.78, 5) is 28.7. The van der Waals surface area contributed by atoms with Gasteiger partial charge in [-0.25, -0.2) is 4.98 Å². The Morgan fingerprint density at radius 2 is 2.28 bits per heavy atom. The van der Waals surface area contributed by atoms with Crippen molar-refractivity contribution in [3.8, 4) is 0 Å². The molecule has 2 N–H and O–H groups in total. The minimum absolute atomic E-state index is 0.0549. The van der Waals surface area contributed by atoms with Crippen molar-refractivity contribution >= 4 is 11.6 Å². The number of nitrogens with two attached hydrogens (primary N) is 1. The lowest BCUT2D eigenvalue weighted by Crippen LogP contribution is -2.33. The summed E-state index contributed by atoms with van der Waals surface area (Å²) < 4.78 is 2.10. The zero-order valence-corrected chi connectivity index (χ0v) is 14.1. The molecule has 25 heavy (non-hydrogen) atoms. The summed E-state index contributed by atoms with van der Waals surface area (Å²) in [6.45, 7) is 4.16. The summed E-state index contributed by atoms with van der Waals surface area (Å²) in [5, 5.41) is 11.4. The van der Waals surface area contributed by atoms with Gasteiger partial charge in [0.2, 0.25) is 5.91 Å². The Kier molecular flexibility index (Phi) is 4.80. The number of carbonyl (C=O) groups excluding carboxylic acids is 1. The van der Waals surface area contributed by atoms with Crippen molar-refractivity contribution in [2.45, 2.75) is 38.9 Å². The van der Waals surface area contributed by atoms with Gasteiger partial charge in [-0.15, -0.1) is 0 Å². The van der Waals surface area contributed by atoms with Crippen molar-refractivity contribution in [3.63, 3.8) is 0 Å². The van der Waals surface area contributed by atoms with Crippen LogP contribution in [0.25, 0.3) is 0 Å². The molecule has 1 aromatic carbocycles. The first-order chi connectivity index (χ1) is 12.0. The second kappa shape index (κ2) is 7.02. The van der Waals surface area contributed by atoms with Crippen LogP contribution in [0.3, 0.4) is 0 Å². The molecule has 2 aromatic rings. The molecule has 8 nitrogen and oxygen atoms in total. The summed E-state index contributed by atoms with van der Waals surface area (Å²) >= 11 is 0. The Bertz CT molecular complexity index is 801. The van der Waals surface area contributed by atoms with Crippen molar-refractivity contribution < 1.29 is 9.72 Å². The van der Waals surface area contributed by atoms with E-state index < -0.39 is 10.8 Å². The highest BCUT2D eigenvalue weighted by Gasteiger charge is 2.27. The van der Waals surface area contributed by atoms with E-state index >= 15 is 0 Å². The standard InChI is InChI=1S/C17H21N5O3/c1-12-19-6-8-20(12)11-15-3-2-7-21(15)10-14-5-4-13(17(18)23)9-16(14)22(24)25/h4-6,8-9,15H,2-3,7,10-11H2,1H3,(H2,18,23). The number of nitrogens with zero attached hydrogens (tertiary/aromatic N) is 4. The third-order valence-electron chi connectivity index (χ3n) is 4.77.